The molecule has 138 valence electrons. The van der Waals surface area contributed by atoms with Crippen molar-refractivity contribution < 1.29 is 9.90 Å². The van der Waals surface area contributed by atoms with Crippen molar-refractivity contribution >= 4 is 41.0 Å². The maximum Gasteiger partial charge on any atom is 0.405 e. The van der Waals surface area contributed by atoms with E-state index in [1.807, 2.05) is 19.1 Å². The summed E-state index contributed by atoms with van der Waals surface area (Å²) in [6, 6.07) is 5.46. The van der Waals surface area contributed by atoms with Crippen LogP contribution in [0.25, 0.3) is 0 Å². The van der Waals surface area contributed by atoms with Crippen molar-refractivity contribution in [3.05, 3.63) is 35.6 Å². The minimum atomic E-state index is -0.982. The van der Waals surface area contributed by atoms with Crippen molar-refractivity contribution in [2.75, 3.05) is 23.7 Å². The minimum absolute atomic E-state index is 0.389. The summed E-state index contributed by atoms with van der Waals surface area (Å²) in [7, 11) is 0. The Morgan fingerprint density at radius 1 is 1.35 bits per heavy atom. The number of aromatic nitrogens is 2. The number of piperidine rings is 1. The molecular weight excluding hydrogens is 374 g/mol. The van der Waals surface area contributed by atoms with Gasteiger partial charge in [0.2, 0.25) is 0 Å². The highest BCUT2D eigenvalue weighted by Crippen LogP contribution is 2.31. The van der Waals surface area contributed by atoms with Gasteiger partial charge >= 0.3 is 6.09 Å². The van der Waals surface area contributed by atoms with E-state index in [0.717, 1.165) is 41.7 Å². The molecule has 3 rings (SSSR count). The lowest BCUT2D eigenvalue weighted by Gasteiger charge is -2.39. The molecule has 1 amide bonds. The van der Waals surface area contributed by atoms with Crippen LogP contribution in [0.5, 0.6) is 0 Å². The number of hydrogen-bond donors (Lipinski definition) is 3. The van der Waals surface area contributed by atoms with E-state index in [4.69, 9.17) is 22.4 Å². The highest BCUT2D eigenvalue weighted by molar-refractivity contribution is 7.99. The van der Waals surface area contributed by atoms with Gasteiger partial charge in [-0.3, -0.25) is 0 Å². The topological polar surface area (TPSA) is 104 Å². The number of nitrogens with one attached hydrogen (secondary N) is 1. The summed E-state index contributed by atoms with van der Waals surface area (Å²) in [5.41, 5.74) is 5.96. The third-order valence-corrected chi connectivity index (χ3v) is 5.66. The molecule has 0 saturated carbocycles. The Labute approximate surface area is 161 Å². The number of hydrogen-bond acceptors (Lipinski definition) is 6. The third-order valence-electron chi connectivity index (χ3n) is 4.40. The smallest absolute Gasteiger partial charge is 0.405 e. The fourth-order valence-electron chi connectivity index (χ4n) is 2.84. The summed E-state index contributed by atoms with van der Waals surface area (Å²) < 4.78 is 0. The van der Waals surface area contributed by atoms with Gasteiger partial charge in [0.15, 0.2) is 0 Å². The lowest BCUT2D eigenvalue weighted by molar-refractivity contribution is 0.173. The molecule has 26 heavy (non-hydrogen) atoms. The molecule has 1 aliphatic heterocycles. The molecule has 2 aromatic rings. The molecule has 0 atom stereocenters. The number of carboxylic acid groups (broad SMARTS) is 1. The van der Waals surface area contributed by atoms with Gasteiger partial charge in [-0.15, -0.1) is 0 Å². The lowest BCUT2D eigenvalue weighted by atomic mass is 9.90. The lowest BCUT2D eigenvalue weighted by Crippen LogP contribution is -2.53. The molecule has 0 aliphatic carbocycles. The highest BCUT2D eigenvalue weighted by atomic mass is 35.5. The molecule has 1 aliphatic rings. The summed E-state index contributed by atoms with van der Waals surface area (Å²) in [6.45, 7) is 3.39. The van der Waals surface area contributed by atoms with Gasteiger partial charge in [-0.05, 0) is 38.0 Å². The van der Waals surface area contributed by atoms with Crippen LogP contribution >= 0.6 is 23.4 Å². The first-order chi connectivity index (χ1) is 12.3. The van der Waals surface area contributed by atoms with E-state index in [9.17, 15) is 4.79 Å². The average molecular weight is 394 g/mol. The van der Waals surface area contributed by atoms with Crippen molar-refractivity contribution in [2.24, 2.45) is 0 Å². The van der Waals surface area contributed by atoms with Crippen LogP contribution in [0.2, 0.25) is 5.02 Å². The number of halogens is 1. The van der Waals surface area contributed by atoms with Gasteiger partial charge in [-0.2, -0.15) is 0 Å². The largest absolute Gasteiger partial charge is 0.465 e. The van der Waals surface area contributed by atoms with E-state index in [-0.39, 0.29) is 5.54 Å². The minimum Gasteiger partial charge on any atom is -0.465 e. The quantitative estimate of drug-likeness (QED) is 0.683. The van der Waals surface area contributed by atoms with Crippen LogP contribution < -0.4 is 16.0 Å². The molecule has 1 aromatic heterocycles. The number of amides is 1. The van der Waals surface area contributed by atoms with Crippen LogP contribution in [-0.2, 0) is 0 Å². The van der Waals surface area contributed by atoms with Crippen LogP contribution in [0.15, 0.2) is 40.5 Å². The third kappa shape index (κ3) is 4.50. The number of nitrogen functional groups attached to an aromatic ring is 1. The van der Waals surface area contributed by atoms with Crippen molar-refractivity contribution in [1.29, 1.82) is 0 Å². The van der Waals surface area contributed by atoms with Crippen LogP contribution in [-0.4, -0.2) is 39.8 Å². The monoisotopic (exact) mass is 393 g/mol. The van der Waals surface area contributed by atoms with Crippen molar-refractivity contribution in [1.82, 2.24) is 15.3 Å². The van der Waals surface area contributed by atoms with Crippen LogP contribution in [0.4, 0.5) is 16.3 Å². The SMILES string of the molecule is CC1(NC(=O)O)CCN(c2cnc(Sc3ccc(Cl)c(N)c3)cn2)CC1. The van der Waals surface area contributed by atoms with Gasteiger partial charge in [0.05, 0.1) is 23.1 Å². The Bertz CT molecular complexity index is 794. The molecule has 9 heteroatoms. The standard InChI is InChI=1S/C17H20ClN5O2S/c1-17(22-16(24)25)4-6-23(7-5-17)14-9-21-15(10-20-14)26-11-2-3-12(18)13(19)8-11/h2-3,8-10,22H,4-7,19H2,1H3,(H,24,25). The molecule has 7 nitrogen and oxygen atoms in total. The molecule has 4 N–H and O–H groups in total. The van der Waals surface area contributed by atoms with Gasteiger partial charge < -0.3 is 21.1 Å². The van der Waals surface area contributed by atoms with Gasteiger partial charge in [-0.1, -0.05) is 23.4 Å². The number of carbonyl (C=O) groups is 1. The van der Waals surface area contributed by atoms with E-state index in [2.05, 4.69) is 20.2 Å². The van der Waals surface area contributed by atoms with Gasteiger partial charge in [0.1, 0.15) is 10.8 Å². The first kappa shape index (κ1) is 18.6. The zero-order valence-corrected chi connectivity index (χ0v) is 15.8. The maximum absolute atomic E-state index is 10.9. The zero-order valence-electron chi connectivity index (χ0n) is 14.3. The summed E-state index contributed by atoms with van der Waals surface area (Å²) in [5.74, 6) is 0.794. The number of anilines is 2. The van der Waals surface area contributed by atoms with E-state index in [1.165, 1.54) is 11.8 Å². The summed E-state index contributed by atoms with van der Waals surface area (Å²) >= 11 is 7.40. The summed E-state index contributed by atoms with van der Waals surface area (Å²) in [5, 5.41) is 12.8. The maximum atomic E-state index is 10.9. The number of benzene rings is 1. The van der Waals surface area contributed by atoms with E-state index >= 15 is 0 Å². The summed E-state index contributed by atoms with van der Waals surface area (Å²) in [4.78, 5) is 22.9. The summed E-state index contributed by atoms with van der Waals surface area (Å²) in [6.07, 6.45) is 3.94. The Morgan fingerprint density at radius 3 is 2.65 bits per heavy atom. The van der Waals surface area contributed by atoms with Gasteiger partial charge in [0.25, 0.3) is 0 Å². The Morgan fingerprint density at radius 2 is 2.08 bits per heavy atom. The molecule has 1 saturated heterocycles. The molecule has 1 fully saturated rings. The van der Waals surface area contributed by atoms with Crippen LogP contribution in [0, 0.1) is 0 Å². The Balaban J connectivity index is 1.61. The fourth-order valence-corrected chi connectivity index (χ4v) is 3.74. The van der Waals surface area contributed by atoms with Crippen LogP contribution in [0.3, 0.4) is 0 Å². The second-order valence-corrected chi connectivity index (χ2v) is 7.98. The van der Waals surface area contributed by atoms with E-state index in [1.54, 1.807) is 18.5 Å². The molecule has 0 spiro atoms. The normalized spacial score (nSPS) is 16.3. The van der Waals surface area contributed by atoms with Crippen LogP contribution in [0.1, 0.15) is 19.8 Å². The first-order valence-electron chi connectivity index (χ1n) is 8.16. The molecule has 0 unspecified atom stereocenters. The second-order valence-electron chi connectivity index (χ2n) is 6.48. The predicted octanol–water partition coefficient (Wildman–Crippen LogP) is 3.49. The average Bonchev–Trinajstić information content (AvgIpc) is 2.59. The molecule has 1 aromatic carbocycles. The van der Waals surface area contributed by atoms with Crippen molar-refractivity contribution in [2.45, 2.75) is 35.2 Å². The molecule has 0 bridgehead atoms. The Kier molecular flexibility index (Phi) is 5.43. The molecule has 0 radical (unpaired) electrons. The highest BCUT2D eigenvalue weighted by Gasteiger charge is 2.31. The van der Waals surface area contributed by atoms with E-state index in [0.29, 0.717) is 10.7 Å². The zero-order chi connectivity index (χ0) is 18.7. The molecule has 2 heterocycles. The van der Waals surface area contributed by atoms with Crippen molar-refractivity contribution in [3.63, 3.8) is 0 Å². The van der Waals surface area contributed by atoms with Crippen molar-refractivity contribution in [3.8, 4) is 0 Å². The fraction of sp³-hybridized carbons (Fsp3) is 0.353. The number of nitrogens with two attached hydrogens (primary N) is 1. The second kappa shape index (κ2) is 7.59. The molecular formula is C17H20ClN5O2S. The Hall–Kier alpha value is -2.19. The number of rotatable bonds is 4. The van der Waals surface area contributed by atoms with Gasteiger partial charge in [0, 0.05) is 23.5 Å². The van der Waals surface area contributed by atoms with Gasteiger partial charge in [-0.25, -0.2) is 14.8 Å². The van der Waals surface area contributed by atoms with E-state index < -0.39 is 6.09 Å². The number of nitrogens with zero attached hydrogens (tertiary/aromatic N) is 3. The first-order valence-corrected chi connectivity index (χ1v) is 9.35. The predicted molar refractivity (Wildman–Crippen MR) is 103 cm³/mol.